The van der Waals surface area contributed by atoms with Gasteiger partial charge < -0.3 is 14.2 Å². The molecule has 0 saturated carbocycles. The average Bonchev–Trinajstić information content (AvgIpc) is 2.89. The van der Waals surface area contributed by atoms with Crippen LogP contribution in [0.3, 0.4) is 0 Å². The van der Waals surface area contributed by atoms with Gasteiger partial charge in [-0.2, -0.15) is 0 Å². The summed E-state index contributed by atoms with van der Waals surface area (Å²) in [6.07, 6.45) is 1.48. The Labute approximate surface area is 137 Å². The molecular formula is C17H13NO6. The number of methoxy groups -OCH3 is 1. The maximum atomic E-state index is 12.4. The third kappa shape index (κ3) is 3.11. The molecule has 2 aromatic carbocycles. The van der Waals surface area contributed by atoms with E-state index in [2.05, 4.69) is 0 Å². The van der Waals surface area contributed by atoms with Crippen LogP contribution >= 0.6 is 0 Å². The van der Waals surface area contributed by atoms with Gasteiger partial charge in [-0.25, -0.2) is 0 Å². The Morgan fingerprint density at radius 2 is 2.08 bits per heavy atom. The number of Topliss-reactive ketones (excluding diaryl/α,β-unsaturated/α-hetero) is 1. The fourth-order valence-electron chi connectivity index (χ4n) is 2.26. The number of carbonyl (C=O) groups is 1. The molecule has 0 fully saturated rings. The van der Waals surface area contributed by atoms with Gasteiger partial charge in [-0.15, -0.1) is 0 Å². The van der Waals surface area contributed by atoms with Crippen LogP contribution in [0.15, 0.2) is 48.2 Å². The maximum absolute atomic E-state index is 12.4. The molecule has 0 unspecified atom stereocenters. The second-order valence-electron chi connectivity index (χ2n) is 5.00. The fraction of sp³-hybridized carbons (Fsp3) is 0.118. The lowest BCUT2D eigenvalue weighted by molar-refractivity contribution is -0.384. The van der Waals surface area contributed by atoms with Gasteiger partial charge in [0, 0.05) is 19.2 Å². The standard InChI is InChI=1S/C17H13NO6/c1-22-10-23-13-5-6-15-14(9-13)17(19)16(24-15)8-11-3-2-4-12(7-11)18(20)21/h2-9H,10H2,1H3/b16-8-. The van der Waals surface area contributed by atoms with E-state index in [1.165, 1.54) is 25.3 Å². The first-order chi connectivity index (χ1) is 11.6. The molecule has 0 saturated heterocycles. The van der Waals surface area contributed by atoms with Gasteiger partial charge in [-0.3, -0.25) is 14.9 Å². The zero-order valence-corrected chi connectivity index (χ0v) is 12.7. The van der Waals surface area contributed by atoms with E-state index in [1.807, 2.05) is 0 Å². The first kappa shape index (κ1) is 15.7. The van der Waals surface area contributed by atoms with Crippen LogP contribution in [0, 0.1) is 10.1 Å². The summed E-state index contributed by atoms with van der Waals surface area (Å²) in [5.74, 6) is 0.708. The van der Waals surface area contributed by atoms with E-state index in [0.29, 0.717) is 22.6 Å². The number of benzene rings is 2. The average molecular weight is 327 g/mol. The molecule has 7 nitrogen and oxygen atoms in total. The number of nitro benzene ring substituents is 1. The predicted molar refractivity (Wildman–Crippen MR) is 85.0 cm³/mol. The molecule has 0 amide bonds. The number of non-ortho nitro benzene ring substituents is 1. The summed E-state index contributed by atoms with van der Waals surface area (Å²) in [4.78, 5) is 22.8. The topological polar surface area (TPSA) is 87.9 Å². The molecule has 3 rings (SSSR count). The fourth-order valence-corrected chi connectivity index (χ4v) is 2.26. The third-order valence-corrected chi connectivity index (χ3v) is 3.36. The molecule has 24 heavy (non-hydrogen) atoms. The van der Waals surface area contributed by atoms with Crippen molar-refractivity contribution in [2.24, 2.45) is 0 Å². The Kier molecular flexibility index (Phi) is 4.26. The van der Waals surface area contributed by atoms with E-state index in [0.717, 1.165) is 0 Å². The number of nitro groups is 1. The Morgan fingerprint density at radius 1 is 1.25 bits per heavy atom. The molecule has 1 aliphatic rings. The molecule has 0 atom stereocenters. The molecule has 122 valence electrons. The van der Waals surface area contributed by atoms with E-state index >= 15 is 0 Å². The van der Waals surface area contributed by atoms with Crippen molar-refractivity contribution in [3.05, 3.63) is 69.5 Å². The lowest BCUT2D eigenvalue weighted by atomic mass is 10.1. The normalized spacial score (nSPS) is 14.4. The predicted octanol–water partition coefficient (Wildman–Crippen LogP) is 3.19. The smallest absolute Gasteiger partial charge is 0.270 e. The molecule has 0 bridgehead atoms. The molecule has 1 aliphatic heterocycles. The molecule has 0 radical (unpaired) electrons. The van der Waals surface area contributed by atoms with Crippen molar-refractivity contribution in [2.75, 3.05) is 13.9 Å². The molecule has 1 heterocycles. The lowest BCUT2D eigenvalue weighted by Gasteiger charge is -2.04. The second-order valence-corrected chi connectivity index (χ2v) is 5.00. The number of hydrogen-bond acceptors (Lipinski definition) is 6. The van der Waals surface area contributed by atoms with Crippen LogP contribution in [0.2, 0.25) is 0 Å². The Balaban J connectivity index is 1.87. The summed E-state index contributed by atoms with van der Waals surface area (Å²) in [6, 6.07) is 10.8. The molecule has 0 N–H and O–H groups in total. The first-order valence-electron chi connectivity index (χ1n) is 7.03. The van der Waals surface area contributed by atoms with Gasteiger partial charge >= 0.3 is 0 Å². The van der Waals surface area contributed by atoms with E-state index in [-0.39, 0.29) is 24.0 Å². The summed E-state index contributed by atoms with van der Waals surface area (Å²) in [6.45, 7) is 0.0736. The maximum Gasteiger partial charge on any atom is 0.270 e. The zero-order valence-electron chi connectivity index (χ0n) is 12.7. The van der Waals surface area contributed by atoms with Gasteiger partial charge in [0.15, 0.2) is 12.6 Å². The number of allylic oxidation sites excluding steroid dienone is 1. The Bertz CT molecular complexity index is 843. The quantitative estimate of drug-likeness (QED) is 0.363. The van der Waals surface area contributed by atoms with Crippen LogP contribution in [0.1, 0.15) is 15.9 Å². The van der Waals surface area contributed by atoms with Gasteiger partial charge in [-0.1, -0.05) is 12.1 Å². The number of nitrogens with zero attached hydrogens (tertiary/aromatic N) is 1. The lowest BCUT2D eigenvalue weighted by Crippen LogP contribution is -2.00. The molecule has 0 aromatic heterocycles. The summed E-state index contributed by atoms with van der Waals surface area (Å²) >= 11 is 0. The minimum Gasteiger partial charge on any atom is -0.468 e. The summed E-state index contributed by atoms with van der Waals surface area (Å²) in [5, 5.41) is 10.8. The Morgan fingerprint density at radius 3 is 2.83 bits per heavy atom. The number of carbonyl (C=O) groups excluding carboxylic acids is 1. The van der Waals surface area contributed by atoms with Crippen LogP contribution < -0.4 is 9.47 Å². The second kappa shape index (κ2) is 6.51. The van der Waals surface area contributed by atoms with Crippen LogP contribution in [0.25, 0.3) is 6.08 Å². The first-order valence-corrected chi connectivity index (χ1v) is 7.03. The van der Waals surface area contributed by atoms with Gasteiger partial charge in [0.2, 0.25) is 5.78 Å². The van der Waals surface area contributed by atoms with E-state index in [4.69, 9.17) is 14.2 Å². The van der Waals surface area contributed by atoms with Gasteiger partial charge in [0.25, 0.3) is 5.69 Å². The highest BCUT2D eigenvalue weighted by Gasteiger charge is 2.28. The van der Waals surface area contributed by atoms with Crippen LogP contribution in [-0.2, 0) is 4.74 Å². The Hall–Kier alpha value is -3.19. The highest BCUT2D eigenvalue weighted by atomic mass is 16.7. The largest absolute Gasteiger partial charge is 0.468 e. The highest BCUT2D eigenvalue weighted by Crippen LogP contribution is 2.34. The molecule has 7 heteroatoms. The van der Waals surface area contributed by atoms with Crippen molar-refractivity contribution in [1.29, 1.82) is 0 Å². The van der Waals surface area contributed by atoms with Gasteiger partial charge in [-0.05, 0) is 29.8 Å². The van der Waals surface area contributed by atoms with Crippen molar-refractivity contribution in [3.8, 4) is 11.5 Å². The number of rotatable bonds is 5. The van der Waals surface area contributed by atoms with E-state index in [1.54, 1.807) is 30.3 Å². The summed E-state index contributed by atoms with van der Waals surface area (Å²) in [5.41, 5.74) is 0.832. The number of fused-ring (bicyclic) bond motifs is 1. The van der Waals surface area contributed by atoms with Crippen molar-refractivity contribution in [2.45, 2.75) is 0 Å². The van der Waals surface area contributed by atoms with Crippen LogP contribution in [-0.4, -0.2) is 24.6 Å². The number of hydrogen-bond donors (Lipinski definition) is 0. The minimum atomic E-state index is -0.493. The molecular weight excluding hydrogens is 314 g/mol. The molecule has 0 spiro atoms. The van der Waals surface area contributed by atoms with Crippen molar-refractivity contribution in [1.82, 2.24) is 0 Å². The molecule has 0 aliphatic carbocycles. The van der Waals surface area contributed by atoms with Gasteiger partial charge in [0.05, 0.1) is 10.5 Å². The zero-order chi connectivity index (χ0) is 17.1. The monoisotopic (exact) mass is 327 g/mol. The SMILES string of the molecule is COCOc1ccc2c(c1)C(=O)/C(=C/c1cccc([N+](=O)[O-])c1)O2. The number of ketones is 1. The summed E-state index contributed by atoms with van der Waals surface area (Å²) < 4.78 is 15.7. The van der Waals surface area contributed by atoms with E-state index in [9.17, 15) is 14.9 Å². The van der Waals surface area contributed by atoms with Crippen molar-refractivity contribution in [3.63, 3.8) is 0 Å². The van der Waals surface area contributed by atoms with Crippen LogP contribution in [0.5, 0.6) is 11.5 Å². The number of ether oxygens (including phenoxy) is 3. The van der Waals surface area contributed by atoms with Crippen molar-refractivity contribution >= 4 is 17.5 Å². The van der Waals surface area contributed by atoms with Crippen molar-refractivity contribution < 1.29 is 23.9 Å². The van der Waals surface area contributed by atoms with E-state index < -0.39 is 4.92 Å². The van der Waals surface area contributed by atoms with Crippen LogP contribution in [0.4, 0.5) is 5.69 Å². The molecule has 2 aromatic rings. The minimum absolute atomic E-state index is 0.0532. The summed E-state index contributed by atoms with van der Waals surface area (Å²) in [7, 11) is 1.50. The highest BCUT2D eigenvalue weighted by molar-refractivity contribution is 6.14. The van der Waals surface area contributed by atoms with Gasteiger partial charge in [0.1, 0.15) is 11.5 Å². The third-order valence-electron chi connectivity index (χ3n) is 3.36.